The molecule has 3 amide bonds. The number of methoxy groups -OCH3 is 2. The number of aromatic nitrogens is 9. The van der Waals surface area contributed by atoms with Crippen LogP contribution in [0.15, 0.2) is 176 Å². The van der Waals surface area contributed by atoms with Crippen molar-refractivity contribution < 1.29 is 23.9 Å². The fraction of sp³-hybridized carbons (Fsp3) is 0.382. The molecule has 0 unspecified atom stereocenters. The van der Waals surface area contributed by atoms with E-state index in [-0.39, 0.29) is 30.9 Å². The van der Waals surface area contributed by atoms with Crippen LogP contribution < -0.4 is 16.0 Å². The molecule has 20 nitrogen and oxygen atoms in total. The number of nitrogens with one attached hydrogen (secondary N) is 3. The number of imidazole rings is 3. The molecule has 3 aliphatic rings. The summed E-state index contributed by atoms with van der Waals surface area (Å²) in [5.41, 5.74) is 31.4. The molecule has 6 aromatic heterocycles. The topological polar surface area (TPSA) is 208 Å². The van der Waals surface area contributed by atoms with Gasteiger partial charge in [0, 0.05) is 96.3 Å². The summed E-state index contributed by atoms with van der Waals surface area (Å²) >= 11 is 0. The molecule has 20 heteroatoms. The molecule has 0 radical (unpaired) electrons. The zero-order chi connectivity index (χ0) is 85.2. The van der Waals surface area contributed by atoms with Crippen molar-refractivity contribution in [3.8, 4) is 33.4 Å². The first-order chi connectivity index (χ1) is 59.4. The first-order valence-corrected chi connectivity index (χ1v) is 44.0. The molecule has 3 saturated heterocycles. The fourth-order valence-corrected chi connectivity index (χ4v) is 17.5. The summed E-state index contributed by atoms with van der Waals surface area (Å²) in [4.78, 5) is 73.8. The first-order valence-electron chi connectivity index (χ1n) is 44.0. The number of hydrogen-bond donors (Lipinski definition) is 3. The third-order valence-corrected chi connectivity index (χ3v) is 23.9. The lowest BCUT2D eigenvalue weighted by molar-refractivity contribution is -0.125. The number of fused-ring (bicyclic) bond motifs is 3. The summed E-state index contributed by atoms with van der Waals surface area (Å²) in [6, 6.07) is 63.0. The predicted molar refractivity (Wildman–Crippen MR) is 490 cm³/mol. The third-order valence-electron chi connectivity index (χ3n) is 23.9. The van der Waals surface area contributed by atoms with Crippen LogP contribution in [0.3, 0.4) is 0 Å². The molecule has 16 rings (SSSR count). The summed E-state index contributed by atoms with van der Waals surface area (Å²) < 4.78 is 16.7. The van der Waals surface area contributed by atoms with Crippen LogP contribution in [0.1, 0.15) is 173 Å². The minimum atomic E-state index is -0.113. The van der Waals surface area contributed by atoms with Gasteiger partial charge in [-0.2, -0.15) is 0 Å². The average molecular weight is 1640 g/mol. The Labute approximate surface area is 720 Å². The maximum absolute atomic E-state index is 12.8. The number of ether oxygens (including phenoxy) is 2. The van der Waals surface area contributed by atoms with Crippen LogP contribution >= 0.6 is 0 Å². The van der Waals surface area contributed by atoms with E-state index >= 15 is 0 Å². The van der Waals surface area contributed by atoms with E-state index in [1.807, 2.05) is 39.0 Å². The number of carbonyl (C=O) groups excluding carboxylic acids is 3. The Morgan fingerprint density at radius 1 is 0.336 bits per heavy atom. The number of carbonyl (C=O) groups is 3. The molecule has 3 aliphatic heterocycles. The van der Waals surface area contributed by atoms with Crippen molar-refractivity contribution in [2.45, 2.75) is 192 Å². The molecule has 13 aromatic rings. The van der Waals surface area contributed by atoms with E-state index < -0.39 is 0 Å². The van der Waals surface area contributed by atoms with Gasteiger partial charge in [-0.25, -0.2) is 29.9 Å². The minimum absolute atomic E-state index is 0.0632. The molecule has 3 fully saturated rings. The lowest BCUT2D eigenvalue weighted by Crippen LogP contribution is -2.26. The number of hydrogen-bond acceptors (Lipinski definition) is 14. The van der Waals surface area contributed by atoms with Crippen molar-refractivity contribution in [3.05, 3.63) is 283 Å². The van der Waals surface area contributed by atoms with Crippen LogP contribution in [0.2, 0.25) is 0 Å². The number of aryl methyl sites for hydroxylation is 10. The molecule has 3 N–H and O–H groups in total. The van der Waals surface area contributed by atoms with Gasteiger partial charge in [-0.15, -0.1) is 0 Å². The van der Waals surface area contributed by atoms with Crippen molar-refractivity contribution in [2.75, 3.05) is 66.7 Å². The number of pyridine rings is 3. The number of benzene rings is 7. The molecule has 634 valence electrons. The van der Waals surface area contributed by atoms with Crippen LogP contribution in [0.25, 0.3) is 66.9 Å². The van der Waals surface area contributed by atoms with Gasteiger partial charge in [0.2, 0.25) is 17.7 Å². The Hall–Kier alpha value is -11.4. The average Bonchev–Trinajstić information content (AvgIpc) is 1.55. The quantitative estimate of drug-likeness (QED) is 0.0370. The summed E-state index contributed by atoms with van der Waals surface area (Å²) in [6.45, 7) is 32.5. The van der Waals surface area contributed by atoms with E-state index in [1.54, 1.807) is 0 Å². The SMILES string of the molecule is CCc1nc2c(C)cc(C)nc2n1Cc1ccc(-c2cc(CN3CCCC3)ccc2CNC(=O)CCc2ccccc2)cc1.CCc1nc2c(C)cc(C)nc2n1Cc1ccc(-c2cc(CN3CCCC3)ccc2CNC(=O)COC)cc1.CCc1nc2c(C)cc(C)nc2n1Cc1ccc(-c2cc(CN3CCCC3)ccc2CNC(=O)COC)cc1. The highest BCUT2D eigenvalue weighted by Gasteiger charge is 2.23. The van der Waals surface area contributed by atoms with E-state index in [9.17, 15) is 14.4 Å². The first kappa shape index (κ1) is 87.0. The van der Waals surface area contributed by atoms with E-state index in [0.717, 1.165) is 198 Å². The van der Waals surface area contributed by atoms with E-state index in [1.165, 1.54) is 133 Å². The highest BCUT2D eigenvalue weighted by atomic mass is 16.5. The fourth-order valence-electron chi connectivity index (χ4n) is 17.5. The van der Waals surface area contributed by atoms with Crippen molar-refractivity contribution >= 4 is 51.2 Å². The van der Waals surface area contributed by atoms with Gasteiger partial charge in [-0.05, 0) is 268 Å². The molecule has 9 heterocycles. The molecule has 0 spiro atoms. The normalized spacial score (nSPS) is 13.7. The van der Waals surface area contributed by atoms with E-state index in [4.69, 9.17) is 39.4 Å². The number of nitrogens with zero attached hydrogens (tertiary/aromatic N) is 12. The molecule has 0 saturated carbocycles. The second kappa shape index (κ2) is 41.5. The number of likely N-dealkylation sites (tertiary alicyclic amines) is 3. The van der Waals surface area contributed by atoms with Crippen LogP contribution in [-0.4, -0.2) is 143 Å². The summed E-state index contributed by atoms with van der Waals surface area (Å²) in [6.07, 6.45) is 11.5. The van der Waals surface area contributed by atoms with Gasteiger partial charge in [0.1, 0.15) is 47.2 Å². The molecule has 0 bridgehead atoms. The Bertz CT molecular complexity index is 5530. The Kier molecular flexibility index (Phi) is 29.6. The summed E-state index contributed by atoms with van der Waals surface area (Å²) in [7, 11) is 3.07. The third kappa shape index (κ3) is 22.1. The Balaban J connectivity index is 0.000000150. The Morgan fingerprint density at radius 2 is 0.631 bits per heavy atom. The maximum atomic E-state index is 12.8. The molecule has 122 heavy (non-hydrogen) atoms. The van der Waals surface area contributed by atoms with Crippen molar-refractivity contribution in [1.82, 2.24) is 74.3 Å². The van der Waals surface area contributed by atoms with Gasteiger partial charge in [0.05, 0.1) is 19.6 Å². The summed E-state index contributed by atoms with van der Waals surface area (Å²) in [5.74, 6) is 3.02. The second-order valence-electron chi connectivity index (χ2n) is 33.4. The van der Waals surface area contributed by atoms with E-state index in [0.29, 0.717) is 26.1 Å². The summed E-state index contributed by atoms with van der Waals surface area (Å²) in [5, 5.41) is 9.17. The van der Waals surface area contributed by atoms with Gasteiger partial charge in [-0.3, -0.25) is 29.1 Å². The lowest BCUT2D eigenvalue weighted by Gasteiger charge is -2.18. The van der Waals surface area contributed by atoms with Gasteiger partial charge in [0.25, 0.3) is 0 Å². The number of rotatable bonds is 31. The van der Waals surface area contributed by atoms with Crippen molar-refractivity contribution in [1.29, 1.82) is 0 Å². The van der Waals surface area contributed by atoms with Gasteiger partial charge < -0.3 is 39.1 Å². The van der Waals surface area contributed by atoms with Crippen molar-refractivity contribution in [3.63, 3.8) is 0 Å². The van der Waals surface area contributed by atoms with Gasteiger partial charge in [0.15, 0.2) is 16.9 Å². The predicted octanol–water partition coefficient (Wildman–Crippen LogP) is 17.5. The van der Waals surface area contributed by atoms with Crippen LogP contribution in [0, 0.1) is 41.5 Å². The standard InChI is InChI=1S/C38H43N5O.2C32H39N5O2/c1-4-35-41-37-27(2)22-28(3)40-38(37)43(35)26-30-12-16-32(17-13-30)34-23-31(25-42-20-8-9-21-42)14-18-33(34)24-39-36(44)19-15-29-10-6-5-7-11-29;2*1-5-29-35-31-22(2)16-23(3)34-32(31)37(29)20-24-8-11-26(12-9-24)28-17-25(19-36-14-6-7-15-36)10-13-27(28)18-33-30(38)21-39-4/h5-7,10-14,16-18,22-23H,4,8-9,15,19-21,24-26H2,1-3H3,(H,39,44);2*8-13,16-17H,5-7,14-15,18-21H2,1-4H3,(H,33,38). The van der Waals surface area contributed by atoms with Crippen LogP contribution in [-0.2, 0) is 108 Å². The van der Waals surface area contributed by atoms with Gasteiger partial charge >= 0.3 is 0 Å². The molecule has 7 aromatic carbocycles. The van der Waals surface area contributed by atoms with Gasteiger partial charge in [-0.1, -0.05) is 160 Å². The molecule has 0 atom stereocenters. The zero-order valence-electron chi connectivity index (χ0n) is 73.4. The monoisotopic (exact) mass is 1640 g/mol. The van der Waals surface area contributed by atoms with E-state index in [2.05, 4.69) is 244 Å². The lowest BCUT2D eigenvalue weighted by atomic mass is 9.96. The van der Waals surface area contributed by atoms with Crippen LogP contribution in [0.4, 0.5) is 0 Å². The maximum Gasteiger partial charge on any atom is 0.246 e. The van der Waals surface area contributed by atoms with Crippen molar-refractivity contribution in [2.24, 2.45) is 0 Å². The number of amides is 3. The highest BCUT2D eigenvalue weighted by Crippen LogP contribution is 2.34. The highest BCUT2D eigenvalue weighted by molar-refractivity contribution is 5.81. The largest absolute Gasteiger partial charge is 0.375 e. The zero-order valence-corrected chi connectivity index (χ0v) is 73.4. The smallest absolute Gasteiger partial charge is 0.246 e. The molecular formula is C102H121N15O5. The molecular weight excluding hydrogens is 1520 g/mol. The Morgan fingerprint density at radius 3 is 0.926 bits per heavy atom. The minimum Gasteiger partial charge on any atom is -0.375 e. The second-order valence-corrected chi connectivity index (χ2v) is 33.4. The molecule has 0 aliphatic carbocycles. The van der Waals surface area contributed by atoms with Crippen LogP contribution in [0.5, 0.6) is 0 Å².